The quantitative estimate of drug-likeness (QED) is 0.501. The minimum Gasteiger partial charge on any atom is -0.299 e. The van der Waals surface area contributed by atoms with Crippen LogP contribution in [0, 0.1) is 11.8 Å². The highest BCUT2D eigenvalue weighted by Gasteiger charge is 2.35. The van der Waals surface area contributed by atoms with Gasteiger partial charge in [-0.25, -0.2) is 0 Å². The summed E-state index contributed by atoms with van der Waals surface area (Å²) >= 11 is 0. The number of hydrogen-bond donors (Lipinski definition) is 0. The summed E-state index contributed by atoms with van der Waals surface area (Å²) in [5.74, 6) is 1.85. The van der Waals surface area contributed by atoms with Gasteiger partial charge in [-0.05, 0) is 25.2 Å². The second kappa shape index (κ2) is 2.37. The van der Waals surface area contributed by atoms with E-state index in [1.54, 1.807) is 0 Å². The SMILES string of the molecule is O=C1CC[C@H]2CCCC[C@@H]12. The zero-order valence-corrected chi connectivity index (χ0v) is 6.31. The molecule has 0 heterocycles. The Bertz CT molecular complexity index is 151. The molecular weight excluding hydrogens is 124 g/mol. The highest BCUT2D eigenvalue weighted by atomic mass is 16.1. The van der Waals surface area contributed by atoms with Gasteiger partial charge >= 0.3 is 0 Å². The molecule has 0 saturated heterocycles. The molecule has 0 aliphatic heterocycles. The summed E-state index contributed by atoms with van der Waals surface area (Å²) in [4.78, 5) is 11.2. The molecule has 1 heteroatoms. The van der Waals surface area contributed by atoms with Crippen molar-refractivity contribution in [3.63, 3.8) is 0 Å². The van der Waals surface area contributed by atoms with Crippen LogP contribution in [-0.4, -0.2) is 5.78 Å². The lowest BCUT2D eigenvalue weighted by atomic mass is 9.81. The van der Waals surface area contributed by atoms with Gasteiger partial charge in [-0.1, -0.05) is 12.8 Å². The third-order valence-electron chi connectivity index (χ3n) is 3.08. The summed E-state index contributed by atoms with van der Waals surface area (Å²) in [6.07, 6.45) is 7.28. The first-order valence-electron chi connectivity index (χ1n) is 4.40. The first-order valence-corrected chi connectivity index (χ1v) is 4.40. The number of carbonyl (C=O) groups excluding carboxylic acids is 1. The van der Waals surface area contributed by atoms with E-state index in [1.165, 1.54) is 32.1 Å². The number of hydrogen-bond acceptors (Lipinski definition) is 1. The normalized spacial score (nSPS) is 39.8. The molecule has 2 fully saturated rings. The summed E-state index contributed by atoms with van der Waals surface area (Å²) in [7, 11) is 0. The summed E-state index contributed by atoms with van der Waals surface area (Å²) in [5.41, 5.74) is 0. The van der Waals surface area contributed by atoms with Crippen molar-refractivity contribution in [2.75, 3.05) is 0 Å². The molecule has 2 saturated carbocycles. The predicted molar refractivity (Wildman–Crippen MR) is 39.7 cm³/mol. The van der Waals surface area contributed by atoms with Crippen LogP contribution in [0.15, 0.2) is 0 Å². The van der Waals surface area contributed by atoms with E-state index < -0.39 is 0 Å². The highest BCUT2D eigenvalue weighted by molar-refractivity contribution is 5.83. The molecule has 0 amide bonds. The largest absolute Gasteiger partial charge is 0.299 e. The van der Waals surface area contributed by atoms with Gasteiger partial charge < -0.3 is 0 Å². The Hall–Kier alpha value is -0.330. The fraction of sp³-hybridized carbons (Fsp3) is 0.889. The first kappa shape index (κ1) is 6.38. The minimum atomic E-state index is 0.494. The molecule has 10 heavy (non-hydrogen) atoms. The monoisotopic (exact) mass is 138 g/mol. The topological polar surface area (TPSA) is 17.1 Å². The molecule has 56 valence electrons. The van der Waals surface area contributed by atoms with Crippen molar-refractivity contribution < 1.29 is 4.79 Å². The van der Waals surface area contributed by atoms with E-state index in [2.05, 4.69) is 0 Å². The standard InChI is InChI=1S/C9H14O/c10-9-6-5-7-3-1-2-4-8(7)9/h7-8H,1-6H2/t7-,8-/m1/s1. The van der Waals surface area contributed by atoms with Gasteiger partial charge in [0.1, 0.15) is 5.78 Å². The van der Waals surface area contributed by atoms with E-state index >= 15 is 0 Å². The maximum Gasteiger partial charge on any atom is 0.136 e. The summed E-state index contributed by atoms with van der Waals surface area (Å²) in [5, 5.41) is 0. The van der Waals surface area contributed by atoms with E-state index in [4.69, 9.17) is 0 Å². The lowest BCUT2D eigenvalue weighted by Gasteiger charge is -2.22. The summed E-state index contributed by atoms with van der Waals surface area (Å²) in [6.45, 7) is 0. The number of fused-ring (bicyclic) bond motifs is 1. The maximum absolute atomic E-state index is 11.2. The molecule has 0 bridgehead atoms. The van der Waals surface area contributed by atoms with Gasteiger partial charge in [0.05, 0.1) is 0 Å². The average molecular weight is 138 g/mol. The Morgan fingerprint density at radius 3 is 2.70 bits per heavy atom. The smallest absolute Gasteiger partial charge is 0.136 e. The Labute approximate surface area is 61.8 Å². The van der Waals surface area contributed by atoms with Gasteiger partial charge in [0.15, 0.2) is 0 Å². The van der Waals surface area contributed by atoms with E-state index in [0.717, 1.165) is 12.3 Å². The minimum absolute atomic E-state index is 0.494. The maximum atomic E-state index is 11.2. The van der Waals surface area contributed by atoms with Crippen molar-refractivity contribution in [1.29, 1.82) is 0 Å². The zero-order valence-electron chi connectivity index (χ0n) is 6.31. The first-order chi connectivity index (χ1) is 4.88. The fourth-order valence-electron chi connectivity index (χ4n) is 2.49. The zero-order chi connectivity index (χ0) is 6.97. The Morgan fingerprint density at radius 1 is 1.10 bits per heavy atom. The van der Waals surface area contributed by atoms with Crippen molar-refractivity contribution in [1.82, 2.24) is 0 Å². The van der Waals surface area contributed by atoms with E-state index in [-0.39, 0.29) is 0 Å². The highest BCUT2D eigenvalue weighted by Crippen LogP contribution is 2.39. The van der Waals surface area contributed by atoms with Crippen LogP contribution in [0.25, 0.3) is 0 Å². The Kier molecular flexibility index (Phi) is 1.51. The molecule has 0 aromatic heterocycles. The molecular formula is C9H14O. The van der Waals surface area contributed by atoms with Crippen LogP contribution in [-0.2, 0) is 4.79 Å². The molecule has 2 rings (SSSR count). The summed E-state index contributed by atoms with van der Waals surface area (Å²) < 4.78 is 0. The number of ketones is 1. The van der Waals surface area contributed by atoms with Crippen LogP contribution in [0.5, 0.6) is 0 Å². The van der Waals surface area contributed by atoms with Crippen molar-refractivity contribution in [3.8, 4) is 0 Å². The molecule has 2 aliphatic rings. The predicted octanol–water partition coefficient (Wildman–Crippen LogP) is 2.16. The van der Waals surface area contributed by atoms with Gasteiger partial charge in [-0.2, -0.15) is 0 Å². The Balaban J connectivity index is 2.08. The van der Waals surface area contributed by atoms with Crippen LogP contribution in [0.4, 0.5) is 0 Å². The third-order valence-corrected chi connectivity index (χ3v) is 3.08. The van der Waals surface area contributed by atoms with Crippen molar-refractivity contribution in [2.24, 2.45) is 11.8 Å². The van der Waals surface area contributed by atoms with Gasteiger partial charge in [0.25, 0.3) is 0 Å². The molecule has 0 unspecified atom stereocenters. The van der Waals surface area contributed by atoms with Crippen LogP contribution in [0.3, 0.4) is 0 Å². The van der Waals surface area contributed by atoms with Crippen LogP contribution in [0.1, 0.15) is 38.5 Å². The summed E-state index contributed by atoms with van der Waals surface area (Å²) in [6, 6.07) is 0. The van der Waals surface area contributed by atoms with E-state index in [0.29, 0.717) is 11.7 Å². The third kappa shape index (κ3) is 0.882. The molecule has 0 radical (unpaired) electrons. The molecule has 1 nitrogen and oxygen atoms in total. The number of carbonyl (C=O) groups is 1. The molecule has 0 spiro atoms. The van der Waals surface area contributed by atoms with Crippen molar-refractivity contribution in [2.45, 2.75) is 38.5 Å². The van der Waals surface area contributed by atoms with Gasteiger partial charge in [-0.3, -0.25) is 4.79 Å². The molecule has 0 N–H and O–H groups in total. The number of rotatable bonds is 0. The fourth-order valence-corrected chi connectivity index (χ4v) is 2.49. The number of Topliss-reactive ketones (excluding diaryl/α,β-unsaturated/α-hetero) is 1. The molecule has 2 atom stereocenters. The van der Waals surface area contributed by atoms with Crippen LogP contribution in [0.2, 0.25) is 0 Å². The second-order valence-corrected chi connectivity index (χ2v) is 3.66. The van der Waals surface area contributed by atoms with E-state index in [9.17, 15) is 4.79 Å². The average Bonchev–Trinajstić information content (AvgIpc) is 2.34. The van der Waals surface area contributed by atoms with Gasteiger partial charge in [0, 0.05) is 12.3 Å². The van der Waals surface area contributed by atoms with Crippen LogP contribution >= 0.6 is 0 Å². The van der Waals surface area contributed by atoms with E-state index in [1.807, 2.05) is 0 Å². The molecule has 0 aromatic carbocycles. The lowest BCUT2D eigenvalue weighted by Crippen LogP contribution is -2.18. The Morgan fingerprint density at radius 2 is 1.90 bits per heavy atom. The lowest BCUT2D eigenvalue weighted by molar-refractivity contribution is -0.121. The van der Waals surface area contributed by atoms with Crippen molar-refractivity contribution in [3.05, 3.63) is 0 Å². The van der Waals surface area contributed by atoms with Gasteiger partial charge in [0.2, 0.25) is 0 Å². The molecule has 2 aliphatic carbocycles. The van der Waals surface area contributed by atoms with Gasteiger partial charge in [-0.15, -0.1) is 0 Å². The second-order valence-electron chi connectivity index (χ2n) is 3.66. The van der Waals surface area contributed by atoms with Crippen LogP contribution < -0.4 is 0 Å². The van der Waals surface area contributed by atoms with Crippen molar-refractivity contribution >= 4 is 5.78 Å². The molecule has 0 aromatic rings.